The number of benzene rings is 1. The first kappa shape index (κ1) is 15.6. The largest absolute Gasteiger partial charge is 0.497 e. The lowest BCUT2D eigenvalue weighted by molar-refractivity contribution is -0.126. The molecule has 0 saturated carbocycles. The molecular weight excluding hydrogens is 292 g/mol. The highest BCUT2D eigenvalue weighted by molar-refractivity contribution is 5.97. The maximum absolute atomic E-state index is 13.1. The number of nitrogens with zero attached hydrogens (tertiary/aromatic N) is 2. The third-order valence-electron chi connectivity index (χ3n) is 4.48. The third kappa shape index (κ3) is 2.94. The van der Waals surface area contributed by atoms with Crippen LogP contribution in [0.4, 0.5) is 5.69 Å². The first-order valence-electron chi connectivity index (χ1n) is 7.83. The molecule has 0 unspecified atom stereocenters. The lowest BCUT2D eigenvalue weighted by Crippen LogP contribution is -2.52. The summed E-state index contributed by atoms with van der Waals surface area (Å²) >= 11 is 0. The first-order chi connectivity index (χ1) is 11.2. The number of piperidine rings is 1. The number of anilines is 1. The van der Waals surface area contributed by atoms with Gasteiger partial charge in [-0.25, -0.2) is 0 Å². The van der Waals surface area contributed by atoms with Gasteiger partial charge in [-0.05, 0) is 62.7 Å². The van der Waals surface area contributed by atoms with Gasteiger partial charge in [-0.15, -0.1) is 0 Å². The molecule has 2 aromatic rings. The van der Waals surface area contributed by atoms with Crippen molar-refractivity contribution in [1.29, 1.82) is 0 Å². The molecule has 0 spiro atoms. The molecule has 23 heavy (non-hydrogen) atoms. The number of nitrogens with one attached hydrogen (secondary N) is 2. The van der Waals surface area contributed by atoms with Crippen molar-refractivity contribution >= 4 is 11.6 Å². The second-order valence-electron chi connectivity index (χ2n) is 5.87. The number of carbonyl (C=O) groups is 1. The van der Waals surface area contributed by atoms with Crippen molar-refractivity contribution < 1.29 is 9.53 Å². The molecule has 3 rings (SSSR count). The number of aryl methyl sites for hydroxylation is 1. The average Bonchev–Trinajstić information content (AvgIpc) is 3.12. The van der Waals surface area contributed by atoms with E-state index in [1.54, 1.807) is 18.0 Å². The van der Waals surface area contributed by atoms with E-state index in [2.05, 4.69) is 15.7 Å². The van der Waals surface area contributed by atoms with Crippen LogP contribution >= 0.6 is 0 Å². The Morgan fingerprint density at radius 2 is 2.17 bits per heavy atom. The van der Waals surface area contributed by atoms with Gasteiger partial charge in [0.25, 0.3) is 5.91 Å². The topological polar surface area (TPSA) is 68.2 Å². The molecule has 1 aliphatic heterocycles. The standard InChI is InChI=1S/C17H22N4O2/c1-13-12-14(23-2)4-5-15(13)20-16(22)17(6-9-18-10-7-17)21-11-3-8-19-21/h3-5,8,11-12,18H,6-7,9-10H2,1-2H3,(H,20,22). The quantitative estimate of drug-likeness (QED) is 0.905. The van der Waals surface area contributed by atoms with Gasteiger partial charge in [-0.2, -0.15) is 5.10 Å². The van der Waals surface area contributed by atoms with Gasteiger partial charge in [-0.3, -0.25) is 9.48 Å². The maximum Gasteiger partial charge on any atom is 0.252 e. The van der Waals surface area contributed by atoms with Crippen LogP contribution in [-0.4, -0.2) is 35.9 Å². The second-order valence-corrected chi connectivity index (χ2v) is 5.87. The molecule has 122 valence electrons. The number of hydrogen-bond donors (Lipinski definition) is 2. The fraction of sp³-hybridized carbons (Fsp3) is 0.412. The van der Waals surface area contributed by atoms with Gasteiger partial charge in [0, 0.05) is 18.1 Å². The van der Waals surface area contributed by atoms with Gasteiger partial charge in [0.1, 0.15) is 11.3 Å². The Hall–Kier alpha value is -2.34. The van der Waals surface area contributed by atoms with E-state index in [1.165, 1.54) is 0 Å². The molecule has 0 bridgehead atoms. The Morgan fingerprint density at radius 1 is 1.39 bits per heavy atom. The van der Waals surface area contributed by atoms with Crippen LogP contribution in [0.25, 0.3) is 0 Å². The van der Waals surface area contributed by atoms with Crippen molar-refractivity contribution in [3.05, 3.63) is 42.2 Å². The average molecular weight is 314 g/mol. The zero-order valence-electron chi connectivity index (χ0n) is 13.5. The fourth-order valence-electron chi connectivity index (χ4n) is 3.06. The molecule has 1 saturated heterocycles. The Labute approximate surface area is 135 Å². The van der Waals surface area contributed by atoms with Gasteiger partial charge in [0.15, 0.2) is 0 Å². The van der Waals surface area contributed by atoms with E-state index in [9.17, 15) is 4.79 Å². The summed E-state index contributed by atoms with van der Waals surface area (Å²) < 4.78 is 7.01. The van der Waals surface area contributed by atoms with Gasteiger partial charge in [-0.1, -0.05) is 0 Å². The molecule has 1 aliphatic rings. The van der Waals surface area contributed by atoms with Crippen LogP contribution in [0.1, 0.15) is 18.4 Å². The Balaban J connectivity index is 1.87. The van der Waals surface area contributed by atoms with Crippen molar-refractivity contribution in [2.45, 2.75) is 25.3 Å². The summed E-state index contributed by atoms with van der Waals surface area (Å²) in [6.45, 7) is 3.56. The van der Waals surface area contributed by atoms with E-state index in [0.29, 0.717) is 0 Å². The van der Waals surface area contributed by atoms with Crippen LogP contribution in [0, 0.1) is 6.92 Å². The molecule has 6 heteroatoms. The third-order valence-corrected chi connectivity index (χ3v) is 4.48. The van der Waals surface area contributed by atoms with Crippen LogP contribution in [0.5, 0.6) is 5.75 Å². The summed E-state index contributed by atoms with van der Waals surface area (Å²) in [7, 11) is 1.63. The molecule has 2 heterocycles. The van der Waals surface area contributed by atoms with E-state index >= 15 is 0 Å². The number of carbonyl (C=O) groups excluding carboxylic acids is 1. The molecular formula is C17H22N4O2. The summed E-state index contributed by atoms with van der Waals surface area (Å²) in [6, 6.07) is 7.50. The smallest absolute Gasteiger partial charge is 0.252 e. The summed E-state index contributed by atoms with van der Waals surface area (Å²) in [5.74, 6) is 0.764. The number of methoxy groups -OCH3 is 1. The Bertz CT molecular complexity index is 676. The molecule has 1 fully saturated rings. The Morgan fingerprint density at radius 3 is 2.78 bits per heavy atom. The zero-order valence-corrected chi connectivity index (χ0v) is 13.5. The zero-order chi connectivity index (χ0) is 16.3. The predicted molar refractivity (Wildman–Crippen MR) is 88.7 cm³/mol. The molecule has 0 radical (unpaired) electrons. The van der Waals surface area contributed by atoms with Crippen molar-refractivity contribution in [2.24, 2.45) is 0 Å². The van der Waals surface area contributed by atoms with Crippen LogP contribution in [-0.2, 0) is 10.3 Å². The lowest BCUT2D eigenvalue weighted by Gasteiger charge is -2.36. The number of rotatable bonds is 4. The molecule has 6 nitrogen and oxygen atoms in total. The van der Waals surface area contributed by atoms with Crippen molar-refractivity contribution in [3.8, 4) is 5.75 Å². The van der Waals surface area contributed by atoms with E-state index in [1.807, 2.05) is 37.4 Å². The van der Waals surface area contributed by atoms with Crippen molar-refractivity contribution in [1.82, 2.24) is 15.1 Å². The predicted octanol–water partition coefficient (Wildman–Crippen LogP) is 1.92. The lowest BCUT2D eigenvalue weighted by atomic mass is 9.87. The van der Waals surface area contributed by atoms with Crippen LogP contribution in [0.2, 0.25) is 0 Å². The van der Waals surface area contributed by atoms with E-state index in [-0.39, 0.29) is 5.91 Å². The minimum atomic E-state index is -0.638. The number of aromatic nitrogens is 2. The van der Waals surface area contributed by atoms with Crippen LogP contribution in [0.15, 0.2) is 36.7 Å². The SMILES string of the molecule is COc1ccc(NC(=O)C2(n3cccn3)CCNCC2)c(C)c1. The maximum atomic E-state index is 13.1. The van der Waals surface area contributed by atoms with Crippen LogP contribution in [0.3, 0.4) is 0 Å². The molecule has 1 aromatic carbocycles. The van der Waals surface area contributed by atoms with Crippen molar-refractivity contribution in [2.75, 3.05) is 25.5 Å². The summed E-state index contributed by atoms with van der Waals surface area (Å²) in [6.07, 6.45) is 5.02. The van der Waals surface area contributed by atoms with E-state index < -0.39 is 5.54 Å². The molecule has 0 atom stereocenters. The number of ether oxygens (including phenoxy) is 1. The van der Waals surface area contributed by atoms with Crippen LogP contribution < -0.4 is 15.4 Å². The first-order valence-corrected chi connectivity index (χ1v) is 7.83. The highest BCUT2D eigenvalue weighted by Gasteiger charge is 2.42. The normalized spacial score (nSPS) is 16.8. The molecule has 1 aromatic heterocycles. The summed E-state index contributed by atoms with van der Waals surface area (Å²) in [4.78, 5) is 13.1. The highest BCUT2D eigenvalue weighted by atomic mass is 16.5. The molecule has 1 amide bonds. The Kier molecular flexibility index (Phi) is 4.34. The fourth-order valence-corrected chi connectivity index (χ4v) is 3.06. The second kappa shape index (κ2) is 6.42. The van der Waals surface area contributed by atoms with Gasteiger partial charge in [0.05, 0.1) is 7.11 Å². The number of hydrogen-bond acceptors (Lipinski definition) is 4. The minimum Gasteiger partial charge on any atom is -0.497 e. The minimum absolute atomic E-state index is 0.0176. The summed E-state index contributed by atoms with van der Waals surface area (Å²) in [5.41, 5.74) is 1.14. The summed E-state index contributed by atoms with van der Waals surface area (Å²) in [5, 5.41) is 10.7. The monoisotopic (exact) mass is 314 g/mol. The van der Waals surface area contributed by atoms with Gasteiger partial charge in [0.2, 0.25) is 0 Å². The van der Waals surface area contributed by atoms with E-state index in [4.69, 9.17) is 4.74 Å². The van der Waals surface area contributed by atoms with Gasteiger partial charge >= 0.3 is 0 Å². The van der Waals surface area contributed by atoms with Crippen molar-refractivity contribution in [3.63, 3.8) is 0 Å². The molecule has 2 N–H and O–H groups in total. The highest BCUT2D eigenvalue weighted by Crippen LogP contribution is 2.30. The van der Waals surface area contributed by atoms with E-state index in [0.717, 1.165) is 42.9 Å². The van der Waals surface area contributed by atoms with Gasteiger partial charge < -0.3 is 15.4 Å². The number of amides is 1. The molecule has 0 aliphatic carbocycles.